The number of hydrogen-bond acceptors (Lipinski definition) is 4. The zero-order valence-corrected chi connectivity index (χ0v) is 13.7. The topological polar surface area (TPSA) is 27.7 Å². The number of piperidine rings is 2. The summed E-state index contributed by atoms with van der Waals surface area (Å²) in [5.74, 6) is 0.887. The lowest BCUT2D eigenvalue weighted by Crippen LogP contribution is -2.47. The van der Waals surface area contributed by atoms with Crippen LogP contribution in [-0.4, -0.2) is 76.9 Å². The van der Waals surface area contributed by atoms with Gasteiger partial charge < -0.3 is 19.9 Å². The molecular weight excluding hydrogens is 250 g/mol. The van der Waals surface area contributed by atoms with Gasteiger partial charge in [-0.2, -0.15) is 0 Å². The van der Waals surface area contributed by atoms with Crippen LogP contribution in [0, 0.1) is 11.3 Å². The summed E-state index contributed by atoms with van der Waals surface area (Å²) in [5.41, 5.74) is 0.375. The van der Waals surface area contributed by atoms with Crippen molar-refractivity contribution in [2.75, 3.05) is 67.1 Å². The minimum atomic E-state index is 0.375. The van der Waals surface area contributed by atoms with Gasteiger partial charge in [-0.3, -0.25) is 0 Å². The first-order valence-electron chi connectivity index (χ1n) is 8.20. The Hall–Kier alpha value is -0.160. The average Bonchev–Trinajstić information content (AvgIpc) is 2.42. The molecule has 4 nitrogen and oxygen atoms in total. The van der Waals surface area contributed by atoms with Crippen LogP contribution in [-0.2, 0) is 4.74 Å². The van der Waals surface area contributed by atoms with Gasteiger partial charge in [0, 0.05) is 25.6 Å². The molecule has 4 heteroatoms. The monoisotopic (exact) mass is 283 g/mol. The smallest absolute Gasteiger partial charge is 0.0531 e. The minimum Gasteiger partial charge on any atom is -0.384 e. The summed E-state index contributed by atoms with van der Waals surface area (Å²) in [4.78, 5) is 5.02. The number of nitrogens with one attached hydrogen (secondary N) is 1. The van der Waals surface area contributed by atoms with E-state index in [9.17, 15) is 0 Å². The van der Waals surface area contributed by atoms with Gasteiger partial charge in [-0.1, -0.05) is 0 Å². The molecule has 20 heavy (non-hydrogen) atoms. The van der Waals surface area contributed by atoms with E-state index in [0.717, 1.165) is 25.6 Å². The lowest BCUT2D eigenvalue weighted by Gasteiger charge is -2.41. The van der Waals surface area contributed by atoms with Crippen molar-refractivity contribution in [1.82, 2.24) is 15.1 Å². The summed E-state index contributed by atoms with van der Waals surface area (Å²) in [6.07, 6.45) is 5.22. The van der Waals surface area contributed by atoms with E-state index in [0.29, 0.717) is 5.41 Å². The third-order valence-corrected chi connectivity index (χ3v) is 5.13. The molecule has 0 spiro atoms. The first-order chi connectivity index (χ1) is 9.63. The Balaban J connectivity index is 1.80. The van der Waals surface area contributed by atoms with Crippen molar-refractivity contribution < 1.29 is 4.74 Å². The maximum atomic E-state index is 5.53. The van der Waals surface area contributed by atoms with E-state index in [1.165, 1.54) is 51.9 Å². The number of rotatable bonds is 6. The molecule has 0 bridgehead atoms. The van der Waals surface area contributed by atoms with Gasteiger partial charge in [0.05, 0.1) is 6.61 Å². The Labute approximate surface area is 124 Å². The van der Waals surface area contributed by atoms with Crippen molar-refractivity contribution in [1.29, 1.82) is 0 Å². The second kappa shape index (κ2) is 7.74. The zero-order chi connectivity index (χ0) is 14.4. The van der Waals surface area contributed by atoms with E-state index in [-0.39, 0.29) is 0 Å². The lowest BCUT2D eigenvalue weighted by molar-refractivity contribution is 0.0229. The van der Waals surface area contributed by atoms with Crippen molar-refractivity contribution in [3.63, 3.8) is 0 Å². The van der Waals surface area contributed by atoms with Crippen LogP contribution >= 0.6 is 0 Å². The van der Waals surface area contributed by atoms with Crippen LogP contribution in [0.15, 0.2) is 0 Å². The molecule has 1 N–H and O–H groups in total. The molecule has 2 heterocycles. The van der Waals surface area contributed by atoms with Gasteiger partial charge in [0.15, 0.2) is 0 Å². The molecule has 0 aliphatic carbocycles. The zero-order valence-electron chi connectivity index (χ0n) is 13.7. The second-order valence-corrected chi connectivity index (χ2v) is 7.13. The highest BCUT2D eigenvalue weighted by molar-refractivity contribution is 4.87. The minimum absolute atomic E-state index is 0.375. The predicted molar refractivity (Wildman–Crippen MR) is 84.1 cm³/mol. The third-order valence-electron chi connectivity index (χ3n) is 5.13. The van der Waals surface area contributed by atoms with E-state index in [1.807, 2.05) is 7.11 Å². The first-order valence-corrected chi connectivity index (χ1v) is 8.20. The molecule has 0 atom stereocenters. The molecule has 0 unspecified atom stereocenters. The van der Waals surface area contributed by atoms with Crippen LogP contribution in [0.5, 0.6) is 0 Å². The second-order valence-electron chi connectivity index (χ2n) is 7.13. The van der Waals surface area contributed by atoms with Crippen LogP contribution < -0.4 is 5.32 Å². The molecular formula is C16H33N3O. The fourth-order valence-corrected chi connectivity index (χ4v) is 3.93. The third kappa shape index (κ3) is 4.69. The molecule has 2 aliphatic rings. The fourth-order valence-electron chi connectivity index (χ4n) is 3.93. The van der Waals surface area contributed by atoms with Crippen molar-refractivity contribution >= 4 is 0 Å². The summed E-state index contributed by atoms with van der Waals surface area (Å²) in [6.45, 7) is 8.18. The van der Waals surface area contributed by atoms with Crippen LogP contribution in [0.1, 0.15) is 25.7 Å². The van der Waals surface area contributed by atoms with Crippen LogP contribution in [0.25, 0.3) is 0 Å². The highest BCUT2D eigenvalue weighted by atomic mass is 16.5. The molecule has 2 fully saturated rings. The van der Waals surface area contributed by atoms with Crippen LogP contribution in [0.4, 0.5) is 0 Å². The molecule has 2 aliphatic heterocycles. The maximum Gasteiger partial charge on any atom is 0.0531 e. The molecule has 0 saturated carbocycles. The maximum absolute atomic E-state index is 5.53. The van der Waals surface area contributed by atoms with Crippen molar-refractivity contribution in [2.45, 2.75) is 25.7 Å². The number of ether oxygens (including phenoxy) is 1. The SMILES string of the molecule is COCC1(CN(C)CC2CCN(C)CC2)CCNCC1. The van der Waals surface area contributed by atoms with Gasteiger partial charge in [-0.15, -0.1) is 0 Å². The molecule has 0 aromatic rings. The quantitative estimate of drug-likeness (QED) is 0.795. The Morgan fingerprint density at radius 2 is 1.90 bits per heavy atom. The van der Waals surface area contributed by atoms with Gasteiger partial charge in [0.25, 0.3) is 0 Å². The van der Waals surface area contributed by atoms with E-state index in [2.05, 4.69) is 29.2 Å². The number of likely N-dealkylation sites (tertiary alicyclic amines) is 1. The first kappa shape index (κ1) is 16.2. The van der Waals surface area contributed by atoms with Crippen molar-refractivity contribution in [2.24, 2.45) is 11.3 Å². The van der Waals surface area contributed by atoms with Gasteiger partial charge in [0.1, 0.15) is 0 Å². The highest BCUT2D eigenvalue weighted by Crippen LogP contribution is 2.30. The van der Waals surface area contributed by atoms with Crippen LogP contribution in [0.3, 0.4) is 0 Å². The van der Waals surface area contributed by atoms with E-state index >= 15 is 0 Å². The fraction of sp³-hybridized carbons (Fsp3) is 1.00. The lowest BCUT2D eigenvalue weighted by atomic mass is 9.79. The highest BCUT2D eigenvalue weighted by Gasteiger charge is 2.33. The molecule has 0 aromatic heterocycles. The molecule has 2 rings (SSSR count). The van der Waals surface area contributed by atoms with E-state index in [4.69, 9.17) is 4.74 Å². The molecule has 0 aromatic carbocycles. The number of nitrogens with zero attached hydrogens (tertiary/aromatic N) is 2. The van der Waals surface area contributed by atoms with Gasteiger partial charge in [0.2, 0.25) is 0 Å². The summed E-state index contributed by atoms with van der Waals surface area (Å²) < 4.78 is 5.53. The van der Waals surface area contributed by atoms with Crippen LogP contribution in [0.2, 0.25) is 0 Å². The molecule has 0 amide bonds. The molecule has 0 radical (unpaired) electrons. The Bertz CT molecular complexity index is 265. The number of methoxy groups -OCH3 is 1. The van der Waals surface area contributed by atoms with Gasteiger partial charge in [-0.05, 0) is 71.9 Å². The van der Waals surface area contributed by atoms with E-state index in [1.54, 1.807) is 0 Å². The van der Waals surface area contributed by atoms with Gasteiger partial charge in [-0.25, -0.2) is 0 Å². The average molecular weight is 283 g/mol. The van der Waals surface area contributed by atoms with Gasteiger partial charge >= 0.3 is 0 Å². The molecule has 2 saturated heterocycles. The Kier molecular flexibility index (Phi) is 6.27. The predicted octanol–water partition coefficient (Wildman–Crippen LogP) is 1.28. The summed E-state index contributed by atoms with van der Waals surface area (Å²) in [7, 11) is 6.39. The van der Waals surface area contributed by atoms with E-state index < -0.39 is 0 Å². The Morgan fingerprint density at radius 3 is 2.50 bits per heavy atom. The van der Waals surface area contributed by atoms with Crippen molar-refractivity contribution in [3.05, 3.63) is 0 Å². The number of hydrogen-bond donors (Lipinski definition) is 1. The summed E-state index contributed by atoms with van der Waals surface area (Å²) in [6, 6.07) is 0. The largest absolute Gasteiger partial charge is 0.384 e. The standard InChI is InChI=1S/C16H33N3O/c1-18-10-4-15(5-11-18)12-19(2)13-16(14-20-3)6-8-17-9-7-16/h15,17H,4-14H2,1-3H3. The summed E-state index contributed by atoms with van der Waals surface area (Å²) >= 11 is 0. The molecule has 118 valence electrons. The summed E-state index contributed by atoms with van der Waals surface area (Å²) in [5, 5.41) is 3.48. The normalized spacial score (nSPS) is 25.2. The Morgan fingerprint density at radius 1 is 1.25 bits per heavy atom. The van der Waals surface area contributed by atoms with Crippen molar-refractivity contribution in [3.8, 4) is 0 Å².